The number of fused-ring (bicyclic) bond motifs is 1. The maximum Gasteiger partial charge on any atom is 0.573 e. The highest BCUT2D eigenvalue weighted by Gasteiger charge is 2.36. The second-order valence-electron chi connectivity index (χ2n) is 5.03. The Morgan fingerprint density at radius 3 is 2.61 bits per heavy atom. The summed E-state index contributed by atoms with van der Waals surface area (Å²) >= 11 is 1.01. The molecule has 0 saturated heterocycles. The number of amides is 1. The van der Waals surface area contributed by atoms with Crippen molar-refractivity contribution in [2.45, 2.75) is 26.4 Å². The highest BCUT2D eigenvalue weighted by Crippen LogP contribution is 2.37. The Labute approximate surface area is 132 Å². The van der Waals surface area contributed by atoms with Crippen LogP contribution in [0.3, 0.4) is 0 Å². The van der Waals surface area contributed by atoms with E-state index < -0.39 is 12.6 Å². The summed E-state index contributed by atoms with van der Waals surface area (Å²) in [5.41, 5.74) is 1.37. The maximum absolute atomic E-state index is 12.3. The summed E-state index contributed by atoms with van der Waals surface area (Å²) in [6, 6.07) is 3.72. The third-order valence-electron chi connectivity index (χ3n) is 3.55. The van der Waals surface area contributed by atoms with E-state index in [2.05, 4.69) is 9.72 Å². The second kappa shape index (κ2) is 5.20. The number of benzene rings is 1. The zero-order valence-electron chi connectivity index (χ0n) is 12.0. The Kier molecular flexibility index (Phi) is 3.56. The van der Waals surface area contributed by atoms with Crippen molar-refractivity contribution in [3.8, 4) is 5.75 Å². The topological polar surface area (TPSA) is 62.7 Å². The normalized spacial score (nSPS) is 19.1. The molecule has 0 bridgehead atoms. The number of ether oxygens (including phenoxy) is 1. The van der Waals surface area contributed by atoms with Crippen LogP contribution in [-0.2, 0) is 4.79 Å². The first-order valence-corrected chi connectivity index (χ1v) is 7.34. The number of hydrogen-bond acceptors (Lipinski definition) is 5. The molecule has 1 N–H and O–H groups in total. The van der Waals surface area contributed by atoms with E-state index >= 15 is 0 Å². The quantitative estimate of drug-likeness (QED) is 0.909. The van der Waals surface area contributed by atoms with Gasteiger partial charge in [-0.05, 0) is 31.6 Å². The molecule has 2 heterocycles. The lowest BCUT2D eigenvalue weighted by Gasteiger charge is -2.18. The fourth-order valence-corrected chi connectivity index (χ4v) is 3.25. The van der Waals surface area contributed by atoms with E-state index in [9.17, 15) is 23.1 Å². The van der Waals surface area contributed by atoms with Crippen molar-refractivity contribution in [3.05, 3.63) is 29.3 Å². The van der Waals surface area contributed by atoms with Gasteiger partial charge >= 0.3 is 6.36 Å². The van der Waals surface area contributed by atoms with Crippen LogP contribution in [0.4, 0.5) is 18.3 Å². The monoisotopic (exact) mass is 344 g/mol. The van der Waals surface area contributed by atoms with Crippen molar-refractivity contribution in [1.82, 2.24) is 4.98 Å². The lowest BCUT2D eigenvalue weighted by atomic mass is 10.2. The molecular formula is C14H11F3N2O3S. The molecule has 1 amide bonds. The molecule has 122 valence electrons. The van der Waals surface area contributed by atoms with Crippen molar-refractivity contribution in [3.63, 3.8) is 0 Å². The predicted octanol–water partition coefficient (Wildman–Crippen LogP) is 3.20. The molecule has 1 aliphatic heterocycles. The highest BCUT2D eigenvalue weighted by atomic mass is 32.1. The summed E-state index contributed by atoms with van der Waals surface area (Å²) in [5.74, 6) is -0.736. The largest absolute Gasteiger partial charge is 0.573 e. The lowest BCUT2D eigenvalue weighted by Crippen LogP contribution is -2.35. The van der Waals surface area contributed by atoms with Crippen LogP contribution in [0.25, 0.3) is 10.2 Å². The molecule has 23 heavy (non-hydrogen) atoms. The first kappa shape index (κ1) is 15.8. The standard InChI is InChI=1S/C14H11F3N2O3S/c1-6-7(2)12(21)19(11(6)20)13-18-9-4-3-8(5-10(9)23-13)22-14(15,16)17/h3-5,11,20H,1-2H3. The molecule has 9 heteroatoms. The number of aromatic nitrogens is 1. The van der Waals surface area contributed by atoms with E-state index in [0.717, 1.165) is 22.3 Å². The molecule has 0 aliphatic carbocycles. The Morgan fingerprint density at radius 2 is 2.04 bits per heavy atom. The smallest absolute Gasteiger partial charge is 0.406 e. The molecule has 0 radical (unpaired) electrons. The number of halogens is 3. The SMILES string of the molecule is CC1=C(C)C(O)N(c2nc3ccc(OC(F)(F)F)cc3s2)C1=O. The van der Waals surface area contributed by atoms with Gasteiger partial charge in [0, 0.05) is 11.6 Å². The van der Waals surface area contributed by atoms with Crippen LogP contribution >= 0.6 is 11.3 Å². The van der Waals surface area contributed by atoms with Gasteiger partial charge < -0.3 is 9.84 Å². The van der Waals surface area contributed by atoms with Crippen molar-refractivity contribution in [2.24, 2.45) is 0 Å². The minimum Gasteiger partial charge on any atom is -0.406 e. The van der Waals surface area contributed by atoms with Crippen LogP contribution in [0, 0.1) is 0 Å². The van der Waals surface area contributed by atoms with Gasteiger partial charge in [-0.1, -0.05) is 11.3 Å². The maximum atomic E-state index is 12.3. The van der Waals surface area contributed by atoms with Crippen LogP contribution in [0.15, 0.2) is 29.3 Å². The molecule has 1 aromatic carbocycles. The Hall–Kier alpha value is -2.13. The summed E-state index contributed by atoms with van der Waals surface area (Å²) in [7, 11) is 0. The summed E-state index contributed by atoms with van der Waals surface area (Å²) < 4.78 is 41.0. The van der Waals surface area contributed by atoms with E-state index in [1.54, 1.807) is 13.8 Å². The molecule has 1 aromatic heterocycles. The zero-order valence-corrected chi connectivity index (χ0v) is 12.8. The van der Waals surface area contributed by atoms with Crippen molar-refractivity contribution < 1.29 is 27.8 Å². The summed E-state index contributed by atoms with van der Waals surface area (Å²) in [5, 5.41) is 10.3. The summed E-state index contributed by atoms with van der Waals surface area (Å²) in [4.78, 5) is 17.5. The molecule has 5 nitrogen and oxygen atoms in total. The van der Waals surface area contributed by atoms with Crippen LogP contribution in [0.5, 0.6) is 5.75 Å². The van der Waals surface area contributed by atoms with Crippen molar-refractivity contribution in [2.75, 3.05) is 4.90 Å². The number of alkyl halides is 3. The van der Waals surface area contributed by atoms with Gasteiger partial charge in [-0.15, -0.1) is 13.2 Å². The van der Waals surface area contributed by atoms with Gasteiger partial charge in [0.1, 0.15) is 5.75 Å². The Balaban J connectivity index is 1.97. The first-order valence-electron chi connectivity index (χ1n) is 6.53. The first-order chi connectivity index (χ1) is 10.7. The molecule has 1 atom stereocenters. The number of aliphatic hydroxyl groups excluding tert-OH is 1. The second-order valence-corrected chi connectivity index (χ2v) is 6.04. The van der Waals surface area contributed by atoms with E-state index in [-0.39, 0.29) is 16.8 Å². The Bertz CT molecular complexity index is 828. The average Bonchev–Trinajstić information content (AvgIpc) is 2.93. The summed E-state index contributed by atoms with van der Waals surface area (Å²) in [6.07, 6.45) is -5.89. The fourth-order valence-electron chi connectivity index (χ4n) is 2.23. The number of aliphatic hydroxyl groups is 1. The van der Waals surface area contributed by atoms with Gasteiger partial charge in [-0.3, -0.25) is 9.69 Å². The molecule has 1 aliphatic rings. The number of carbonyl (C=O) groups is 1. The molecule has 2 aromatic rings. The minimum absolute atomic E-state index is 0.220. The molecule has 1 unspecified atom stereocenters. The van der Waals surface area contributed by atoms with E-state index in [1.807, 2.05) is 0 Å². The average molecular weight is 344 g/mol. The molecular weight excluding hydrogens is 333 g/mol. The van der Waals surface area contributed by atoms with Gasteiger partial charge in [-0.25, -0.2) is 4.98 Å². The van der Waals surface area contributed by atoms with Gasteiger partial charge in [0.25, 0.3) is 5.91 Å². The van der Waals surface area contributed by atoms with Crippen molar-refractivity contribution in [1.29, 1.82) is 0 Å². The van der Waals surface area contributed by atoms with E-state index in [0.29, 0.717) is 21.4 Å². The number of hydrogen-bond donors (Lipinski definition) is 1. The molecule has 0 fully saturated rings. The number of carbonyl (C=O) groups excluding carboxylic acids is 1. The molecule has 3 rings (SSSR count). The number of anilines is 1. The van der Waals surface area contributed by atoms with Gasteiger partial charge in [0.15, 0.2) is 11.4 Å². The zero-order chi connectivity index (χ0) is 16.9. The van der Waals surface area contributed by atoms with Crippen LogP contribution in [-0.4, -0.2) is 28.6 Å². The van der Waals surface area contributed by atoms with Crippen LogP contribution in [0.1, 0.15) is 13.8 Å². The minimum atomic E-state index is -4.78. The third kappa shape index (κ3) is 2.77. The molecule has 0 spiro atoms. The Morgan fingerprint density at radius 1 is 1.35 bits per heavy atom. The number of nitrogens with zero attached hydrogens (tertiary/aromatic N) is 2. The van der Waals surface area contributed by atoms with Gasteiger partial charge in [0.2, 0.25) is 0 Å². The third-order valence-corrected chi connectivity index (χ3v) is 4.57. The van der Waals surface area contributed by atoms with Gasteiger partial charge in [0.05, 0.1) is 10.2 Å². The van der Waals surface area contributed by atoms with E-state index in [4.69, 9.17) is 0 Å². The lowest BCUT2D eigenvalue weighted by molar-refractivity contribution is -0.274. The predicted molar refractivity (Wildman–Crippen MR) is 78.2 cm³/mol. The van der Waals surface area contributed by atoms with Crippen LogP contribution in [0.2, 0.25) is 0 Å². The summed E-state index contributed by atoms with van der Waals surface area (Å²) in [6.45, 7) is 3.24. The van der Waals surface area contributed by atoms with Crippen molar-refractivity contribution >= 4 is 32.6 Å². The van der Waals surface area contributed by atoms with E-state index in [1.165, 1.54) is 12.1 Å². The number of rotatable bonds is 2. The highest BCUT2D eigenvalue weighted by molar-refractivity contribution is 7.22. The van der Waals surface area contributed by atoms with Gasteiger partial charge in [-0.2, -0.15) is 0 Å². The number of thiazole rings is 1. The molecule has 0 saturated carbocycles. The fraction of sp³-hybridized carbons (Fsp3) is 0.286. The van der Waals surface area contributed by atoms with Crippen LogP contribution < -0.4 is 9.64 Å².